The van der Waals surface area contributed by atoms with Crippen LogP contribution in [0.3, 0.4) is 0 Å². The molecule has 4 nitrogen and oxygen atoms in total. The van der Waals surface area contributed by atoms with E-state index in [9.17, 15) is 4.79 Å². The molecule has 0 saturated heterocycles. The van der Waals surface area contributed by atoms with Gasteiger partial charge in [-0.25, -0.2) is 0 Å². The summed E-state index contributed by atoms with van der Waals surface area (Å²) in [6.45, 7) is 0. The number of hydrogen-bond acceptors (Lipinski definition) is 3. The van der Waals surface area contributed by atoms with Gasteiger partial charge < -0.3 is 9.64 Å². The summed E-state index contributed by atoms with van der Waals surface area (Å²) in [5, 5.41) is 1.21. The molecule has 0 aliphatic carbocycles. The van der Waals surface area contributed by atoms with Crippen molar-refractivity contribution in [3.63, 3.8) is 0 Å². The fourth-order valence-corrected chi connectivity index (χ4v) is 3.35. The van der Waals surface area contributed by atoms with Crippen molar-refractivity contribution >= 4 is 46.4 Å². The van der Waals surface area contributed by atoms with Crippen LogP contribution in [0.25, 0.3) is 11.3 Å². The molecule has 1 aromatic heterocycles. The number of nitrogens with zero attached hydrogens (tertiary/aromatic N) is 2. The molecular weight excluding hydrogens is 407 g/mol. The molecule has 3 rings (SSSR count). The minimum absolute atomic E-state index is 0.220. The molecule has 0 fully saturated rings. The van der Waals surface area contributed by atoms with Gasteiger partial charge in [-0.1, -0.05) is 46.9 Å². The number of pyridine rings is 1. The molecular formula is C20H15Cl3N2O2. The molecule has 1 amide bonds. The number of rotatable bonds is 4. The Kier molecular flexibility index (Phi) is 5.90. The highest BCUT2D eigenvalue weighted by molar-refractivity contribution is 6.37. The lowest BCUT2D eigenvalue weighted by molar-refractivity contribution is 0.0992. The molecule has 0 N–H and O–H groups in total. The maximum Gasteiger partial charge on any atom is 0.258 e. The third kappa shape index (κ3) is 4.03. The molecule has 1 heterocycles. The summed E-state index contributed by atoms with van der Waals surface area (Å²) in [6.07, 6.45) is 1.48. The third-order valence-electron chi connectivity index (χ3n) is 4.03. The van der Waals surface area contributed by atoms with E-state index in [1.54, 1.807) is 44.5 Å². The van der Waals surface area contributed by atoms with Crippen molar-refractivity contribution in [3.8, 4) is 17.0 Å². The van der Waals surface area contributed by atoms with Crippen LogP contribution in [0.15, 0.2) is 54.7 Å². The van der Waals surface area contributed by atoms with Crippen molar-refractivity contribution in [1.82, 2.24) is 4.98 Å². The predicted molar refractivity (Wildman–Crippen MR) is 110 cm³/mol. The minimum Gasteiger partial charge on any atom is -0.495 e. The number of carbonyl (C=O) groups excluding carboxylic acids is 1. The number of aromatic nitrogens is 1. The van der Waals surface area contributed by atoms with E-state index in [0.29, 0.717) is 43.3 Å². The van der Waals surface area contributed by atoms with E-state index in [1.165, 1.54) is 11.1 Å². The summed E-state index contributed by atoms with van der Waals surface area (Å²) in [5.41, 5.74) is 2.11. The second-order valence-electron chi connectivity index (χ2n) is 5.71. The highest BCUT2D eigenvalue weighted by Crippen LogP contribution is 2.34. The van der Waals surface area contributed by atoms with E-state index in [-0.39, 0.29) is 5.91 Å². The van der Waals surface area contributed by atoms with Gasteiger partial charge in [-0.15, -0.1) is 0 Å². The van der Waals surface area contributed by atoms with E-state index in [0.717, 1.165) is 0 Å². The van der Waals surface area contributed by atoms with Crippen LogP contribution in [-0.4, -0.2) is 25.0 Å². The lowest BCUT2D eigenvalue weighted by Gasteiger charge is -2.20. The first-order valence-corrected chi connectivity index (χ1v) is 9.07. The van der Waals surface area contributed by atoms with Crippen LogP contribution in [0.5, 0.6) is 5.75 Å². The molecule has 3 aromatic rings. The summed E-state index contributed by atoms with van der Waals surface area (Å²) in [5.74, 6) is 0.382. The number of anilines is 1. The second kappa shape index (κ2) is 8.17. The van der Waals surface area contributed by atoms with Crippen molar-refractivity contribution in [2.45, 2.75) is 0 Å². The molecule has 0 radical (unpaired) electrons. The molecule has 27 heavy (non-hydrogen) atoms. The molecule has 0 aliphatic rings. The normalized spacial score (nSPS) is 10.6. The molecule has 0 bridgehead atoms. The zero-order chi connectivity index (χ0) is 19.6. The zero-order valence-corrected chi connectivity index (χ0v) is 16.8. The van der Waals surface area contributed by atoms with Crippen LogP contribution in [0, 0.1) is 0 Å². The average molecular weight is 422 g/mol. The number of methoxy groups -OCH3 is 1. The number of hydrogen-bond donors (Lipinski definition) is 0. The fourth-order valence-electron chi connectivity index (χ4n) is 2.66. The topological polar surface area (TPSA) is 42.4 Å². The molecule has 7 heteroatoms. The van der Waals surface area contributed by atoms with Gasteiger partial charge >= 0.3 is 0 Å². The molecule has 0 spiro atoms. The van der Waals surface area contributed by atoms with E-state index in [1.807, 2.05) is 18.2 Å². The lowest BCUT2D eigenvalue weighted by atomic mass is 10.1. The Morgan fingerprint density at radius 1 is 1.04 bits per heavy atom. The van der Waals surface area contributed by atoms with E-state index in [2.05, 4.69) is 4.98 Å². The molecule has 0 atom stereocenters. The van der Waals surface area contributed by atoms with E-state index >= 15 is 0 Å². The van der Waals surface area contributed by atoms with E-state index < -0.39 is 0 Å². The number of benzene rings is 2. The Morgan fingerprint density at radius 2 is 1.78 bits per heavy atom. The van der Waals surface area contributed by atoms with Crippen LogP contribution in [0.2, 0.25) is 15.1 Å². The first-order chi connectivity index (χ1) is 12.9. The van der Waals surface area contributed by atoms with Crippen LogP contribution in [-0.2, 0) is 0 Å². The monoisotopic (exact) mass is 420 g/mol. The number of carbonyl (C=O) groups is 1. The highest BCUT2D eigenvalue weighted by atomic mass is 35.5. The molecule has 0 saturated carbocycles. The molecule has 0 aliphatic heterocycles. The van der Waals surface area contributed by atoms with Gasteiger partial charge in [-0.05, 0) is 36.4 Å². The minimum atomic E-state index is -0.220. The van der Waals surface area contributed by atoms with Crippen molar-refractivity contribution in [2.75, 3.05) is 19.1 Å². The van der Waals surface area contributed by atoms with E-state index in [4.69, 9.17) is 39.5 Å². The molecule has 2 aromatic carbocycles. The van der Waals surface area contributed by atoms with Gasteiger partial charge in [0.2, 0.25) is 0 Å². The SMILES string of the molecule is COc1ccccc1N(C)C(=O)c1ccc(Cl)c(-c2ncc(Cl)cc2Cl)c1. The Labute approximate surface area is 172 Å². The highest BCUT2D eigenvalue weighted by Gasteiger charge is 2.19. The Morgan fingerprint density at radius 3 is 2.48 bits per heavy atom. The number of amides is 1. The van der Waals surface area contributed by atoms with Gasteiger partial charge in [0.1, 0.15) is 5.75 Å². The van der Waals surface area contributed by atoms with Gasteiger partial charge in [0.25, 0.3) is 5.91 Å². The van der Waals surface area contributed by atoms with Gasteiger partial charge in [0.05, 0.1) is 33.6 Å². The Bertz CT molecular complexity index is 1010. The smallest absolute Gasteiger partial charge is 0.258 e. The number of ether oxygens (including phenoxy) is 1. The fraction of sp³-hybridized carbons (Fsp3) is 0.100. The van der Waals surface area contributed by atoms with Gasteiger partial charge in [-0.3, -0.25) is 9.78 Å². The van der Waals surface area contributed by atoms with Gasteiger partial charge in [0.15, 0.2) is 0 Å². The van der Waals surface area contributed by atoms with Crippen LogP contribution < -0.4 is 9.64 Å². The van der Waals surface area contributed by atoms with Crippen LogP contribution >= 0.6 is 34.8 Å². The summed E-state index contributed by atoms with van der Waals surface area (Å²) < 4.78 is 5.34. The van der Waals surface area contributed by atoms with Gasteiger partial charge in [0, 0.05) is 24.4 Å². The summed E-state index contributed by atoms with van der Waals surface area (Å²) in [6, 6.07) is 13.8. The summed E-state index contributed by atoms with van der Waals surface area (Å²) in [7, 11) is 3.24. The standard InChI is InChI=1S/C20H15Cl3N2O2/c1-25(17-5-3-4-6-18(17)27-2)20(26)12-7-8-15(22)14(9-12)19-16(23)10-13(21)11-24-19/h3-11H,1-2H3. The maximum absolute atomic E-state index is 13.0. The van der Waals surface area contributed by atoms with Gasteiger partial charge in [-0.2, -0.15) is 0 Å². The van der Waals surface area contributed by atoms with Crippen molar-refractivity contribution in [2.24, 2.45) is 0 Å². The maximum atomic E-state index is 13.0. The molecule has 138 valence electrons. The van der Waals surface area contributed by atoms with Crippen LogP contribution in [0.4, 0.5) is 5.69 Å². The Balaban J connectivity index is 2.01. The summed E-state index contributed by atoms with van der Waals surface area (Å²) >= 11 is 18.5. The first kappa shape index (κ1) is 19.5. The molecule has 0 unspecified atom stereocenters. The Hall–Kier alpha value is -2.27. The number of para-hydroxylation sites is 2. The largest absolute Gasteiger partial charge is 0.495 e. The van der Waals surface area contributed by atoms with Crippen LogP contribution in [0.1, 0.15) is 10.4 Å². The quantitative estimate of drug-likeness (QED) is 0.519. The predicted octanol–water partition coefficient (Wildman–Crippen LogP) is 5.99. The number of halogens is 3. The average Bonchev–Trinajstić information content (AvgIpc) is 2.67. The first-order valence-electron chi connectivity index (χ1n) is 7.94. The summed E-state index contributed by atoms with van der Waals surface area (Å²) in [4.78, 5) is 18.8. The van der Waals surface area contributed by atoms with Crippen molar-refractivity contribution in [3.05, 3.63) is 75.4 Å². The zero-order valence-electron chi connectivity index (χ0n) is 14.5. The second-order valence-corrected chi connectivity index (χ2v) is 6.97. The lowest BCUT2D eigenvalue weighted by Crippen LogP contribution is -2.26. The third-order valence-corrected chi connectivity index (χ3v) is 4.85. The van der Waals surface area contributed by atoms with Crippen molar-refractivity contribution in [1.29, 1.82) is 0 Å². The van der Waals surface area contributed by atoms with Crippen molar-refractivity contribution < 1.29 is 9.53 Å².